The highest BCUT2D eigenvalue weighted by atomic mass is 35.5. The minimum absolute atomic E-state index is 0.105. The van der Waals surface area contributed by atoms with Crippen molar-refractivity contribution >= 4 is 27.1 Å². The quantitative estimate of drug-likeness (QED) is 0.728. The summed E-state index contributed by atoms with van der Waals surface area (Å²) in [6.45, 7) is 0. The molecule has 0 saturated heterocycles. The number of hydrogen-bond acceptors (Lipinski definition) is 5. The Morgan fingerprint density at radius 1 is 1.23 bits per heavy atom. The summed E-state index contributed by atoms with van der Waals surface area (Å²) >= 11 is 5.92. The van der Waals surface area contributed by atoms with Crippen molar-refractivity contribution in [3.63, 3.8) is 0 Å². The molecule has 0 unspecified atom stereocenters. The second-order valence-corrected chi connectivity index (χ2v) is 7.65. The lowest BCUT2D eigenvalue weighted by Crippen LogP contribution is -2.06. The first-order valence-corrected chi connectivity index (χ1v) is 8.99. The van der Waals surface area contributed by atoms with E-state index in [-0.39, 0.29) is 5.75 Å². The van der Waals surface area contributed by atoms with Gasteiger partial charge >= 0.3 is 0 Å². The van der Waals surface area contributed by atoms with Crippen LogP contribution < -0.4 is 0 Å². The molecule has 0 aliphatic heterocycles. The maximum Gasteiger partial charge on any atom is 0.154 e. The van der Waals surface area contributed by atoms with Crippen molar-refractivity contribution < 1.29 is 8.42 Å². The molecule has 3 rings (SSSR count). The number of hydrogen-bond donors (Lipinski definition) is 0. The second kappa shape index (κ2) is 5.66. The maximum absolute atomic E-state index is 11.3. The zero-order chi connectivity index (χ0) is 15.7. The van der Waals surface area contributed by atoms with Crippen molar-refractivity contribution in [3.8, 4) is 11.4 Å². The lowest BCUT2D eigenvalue weighted by molar-refractivity contribution is 0.601. The molecule has 0 N–H and O–H groups in total. The first-order chi connectivity index (χ1) is 10.4. The Labute approximate surface area is 132 Å². The minimum atomic E-state index is -3.00. The van der Waals surface area contributed by atoms with Crippen LogP contribution in [0.1, 0.15) is 5.56 Å². The first kappa shape index (κ1) is 14.9. The monoisotopic (exact) mass is 336 g/mol. The van der Waals surface area contributed by atoms with E-state index in [1.165, 1.54) is 6.26 Å². The maximum atomic E-state index is 11.3. The Morgan fingerprint density at radius 2 is 2.05 bits per heavy atom. The molecular formula is C14H13ClN4O2S. The molecule has 0 aliphatic rings. The SMILES string of the molecule is CS(=O)(=O)CCc1ccnc(-c2cnc3ccc(Cl)nn23)c1. The average Bonchev–Trinajstić information content (AvgIpc) is 2.88. The normalized spacial score (nSPS) is 11.9. The Morgan fingerprint density at radius 3 is 2.82 bits per heavy atom. The van der Waals surface area contributed by atoms with Crippen LogP contribution in [0.5, 0.6) is 0 Å². The summed E-state index contributed by atoms with van der Waals surface area (Å²) in [7, 11) is -3.00. The van der Waals surface area contributed by atoms with Crippen LogP contribution in [0.4, 0.5) is 0 Å². The Kier molecular flexibility index (Phi) is 3.84. The highest BCUT2D eigenvalue weighted by Gasteiger charge is 2.10. The topological polar surface area (TPSA) is 77.2 Å². The molecule has 0 atom stereocenters. The van der Waals surface area contributed by atoms with Gasteiger partial charge in [0, 0.05) is 12.5 Å². The van der Waals surface area contributed by atoms with Crippen molar-refractivity contribution in [2.45, 2.75) is 6.42 Å². The number of pyridine rings is 1. The van der Waals surface area contributed by atoms with Crippen molar-refractivity contribution in [2.24, 2.45) is 0 Å². The van der Waals surface area contributed by atoms with E-state index in [1.807, 2.05) is 6.07 Å². The molecule has 0 bridgehead atoms. The first-order valence-electron chi connectivity index (χ1n) is 6.56. The van der Waals surface area contributed by atoms with E-state index in [2.05, 4.69) is 15.1 Å². The molecule has 6 nitrogen and oxygen atoms in total. The van der Waals surface area contributed by atoms with Crippen molar-refractivity contribution in [1.29, 1.82) is 0 Å². The number of imidazole rings is 1. The fraction of sp³-hybridized carbons (Fsp3) is 0.214. The van der Waals surface area contributed by atoms with Gasteiger partial charge in [0.15, 0.2) is 5.65 Å². The van der Waals surface area contributed by atoms with Crippen LogP contribution in [0.15, 0.2) is 36.7 Å². The molecule has 0 amide bonds. The molecule has 3 aromatic heterocycles. The van der Waals surface area contributed by atoms with Crippen LogP contribution in [0.2, 0.25) is 5.15 Å². The van der Waals surface area contributed by atoms with Crippen molar-refractivity contribution in [1.82, 2.24) is 19.6 Å². The lowest BCUT2D eigenvalue weighted by Gasteiger charge is -2.04. The average molecular weight is 337 g/mol. The van der Waals surface area contributed by atoms with Crippen LogP contribution in [0.3, 0.4) is 0 Å². The summed E-state index contributed by atoms with van der Waals surface area (Å²) in [6.07, 6.45) is 4.99. The van der Waals surface area contributed by atoms with Gasteiger partial charge in [-0.3, -0.25) is 4.98 Å². The van der Waals surface area contributed by atoms with Gasteiger partial charge in [0.1, 0.15) is 20.7 Å². The fourth-order valence-corrected chi connectivity index (χ4v) is 2.84. The molecule has 3 aromatic rings. The van der Waals surface area contributed by atoms with E-state index in [0.29, 0.717) is 28.6 Å². The van der Waals surface area contributed by atoms with Gasteiger partial charge in [-0.2, -0.15) is 5.10 Å². The zero-order valence-electron chi connectivity index (χ0n) is 11.8. The van der Waals surface area contributed by atoms with E-state index in [9.17, 15) is 8.42 Å². The summed E-state index contributed by atoms with van der Waals surface area (Å²) in [5.41, 5.74) is 2.95. The third kappa shape index (κ3) is 3.26. The Bertz CT molecular complexity index is 937. The van der Waals surface area contributed by atoms with Gasteiger partial charge in [0.05, 0.1) is 17.6 Å². The number of nitrogens with zero attached hydrogens (tertiary/aromatic N) is 4. The van der Waals surface area contributed by atoms with Gasteiger partial charge in [0.2, 0.25) is 0 Å². The third-order valence-electron chi connectivity index (χ3n) is 3.18. The van der Waals surface area contributed by atoms with Crippen LogP contribution in [0.25, 0.3) is 17.0 Å². The van der Waals surface area contributed by atoms with Gasteiger partial charge < -0.3 is 0 Å². The standard InChI is InChI=1S/C14H13ClN4O2S/c1-22(20,21)7-5-10-4-6-16-11(8-10)12-9-17-14-3-2-13(15)18-19(12)14/h2-4,6,8-9H,5,7H2,1H3. The van der Waals surface area contributed by atoms with E-state index >= 15 is 0 Å². The summed E-state index contributed by atoms with van der Waals surface area (Å²) in [5, 5.41) is 4.57. The molecule has 0 spiro atoms. The summed E-state index contributed by atoms with van der Waals surface area (Å²) in [4.78, 5) is 8.57. The molecule has 0 radical (unpaired) electrons. The number of fused-ring (bicyclic) bond motifs is 1. The summed E-state index contributed by atoms with van der Waals surface area (Å²) < 4.78 is 24.2. The molecule has 8 heteroatoms. The molecule has 3 heterocycles. The van der Waals surface area contributed by atoms with E-state index in [4.69, 9.17) is 11.6 Å². The minimum Gasteiger partial charge on any atom is -0.255 e. The highest BCUT2D eigenvalue weighted by Crippen LogP contribution is 2.20. The van der Waals surface area contributed by atoms with E-state index in [0.717, 1.165) is 5.56 Å². The largest absolute Gasteiger partial charge is 0.255 e. The van der Waals surface area contributed by atoms with Gasteiger partial charge in [-0.05, 0) is 36.2 Å². The van der Waals surface area contributed by atoms with Crippen molar-refractivity contribution in [2.75, 3.05) is 12.0 Å². The number of sulfone groups is 1. The highest BCUT2D eigenvalue weighted by molar-refractivity contribution is 7.90. The van der Waals surface area contributed by atoms with Crippen molar-refractivity contribution in [3.05, 3.63) is 47.4 Å². The second-order valence-electron chi connectivity index (χ2n) is 5.00. The number of halogens is 1. The molecule has 22 heavy (non-hydrogen) atoms. The zero-order valence-corrected chi connectivity index (χ0v) is 13.3. The van der Waals surface area contributed by atoms with Crippen LogP contribution in [0, 0.1) is 0 Å². The molecule has 0 aromatic carbocycles. The molecule has 0 aliphatic carbocycles. The predicted molar refractivity (Wildman–Crippen MR) is 84.6 cm³/mol. The van der Waals surface area contributed by atoms with Crippen LogP contribution in [-0.2, 0) is 16.3 Å². The van der Waals surface area contributed by atoms with E-state index < -0.39 is 9.84 Å². The fourth-order valence-electron chi connectivity index (χ4n) is 2.10. The Balaban J connectivity index is 1.99. The van der Waals surface area contributed by atoms with Gasteiger partial charge in [-0.1, -0.05) is 11.6 Å². The number of aryl methyl sites for hydroxylation is 1. The van der Waals surface area contributed by atoms with Gasteiger partial charge in [-0.25, -0.2) is 17.9 Å². The molecule has 114 valence electrons. The number of rotatable bonds is 4. The van der Waals surface area contributed by atoms with Gasteiger partial charge in [-0.15, -0.1) is 0 Å². The van der Waals surface area contributed by atoms with Gasteiger partial charge in [0.25, 0.3) is 0 Å². The van der Waals surface area contributed by atoms with Crippen LogP contribution >= 0.6 is 11.6 Å². The molecular weight excluding hydrogens is 324 g/mol. The molecule has 0 fully saturated rings. The lowest BCUT2D eigenvalue weighted by atomic mass is 10.1. The Hall–Kier alpha value is -1.99. The van der Waals surface area contributed by atoms with E-state index in [1.54, 1.807) is 35.1 Å². The summed E-state index contributed by atoms with van der Waals surface area (Å²) in [6, 6.07) is 7.09. The summed E-state index contributed by atoms with van der Waals surface area (Å²) in [5.74, 6) is 0.105. The number of aromatic nitrogens is 4. The predicted octanol–water partition coefficient (Wildman–Crippen LogP) is 2.03. The molecule has 0 saturated carbocycles. The van der Waals surface area contributed by atoms with Crippen LogP contribution in [-0.4, -0.2) is 40.0 Å². The smallest absolute Gasteiger partial charge is 0.154 e. The third-order valence-corrected chi connectivity index (χ3v) is 4.33.